The summed E-state index contributed by atoms with van der Waals surface area (Å²) in [6, 6.07) is 16.5. The number of hydrogen-bond donors (Lipinski definition) is 2. The summed E-state index contributed by atoms with van der Waals surface area (Å²) in [6.45, 7) is 0. The van der Waals surface area contributed by atoms with Gasteiger partial charge < -0.3 is 14.8 Å². The molecule has 0 fully saturated rings. The number of benzene rings is 3. The molecule has 7 nitrogen and oxygen atoms in total. The largest absolute Gasteiger partial charge is 0.496 e. The molecule has 0 saturated heterocycles. The fourth-order valence-electron chi connectivity index (χ4n) is 2.75. The van der Waals surface area contributed by atoms with Crippen molar-refractivity contribution in [3.8, 4) is 11.5 Å². The Morgan fingerprint density at radius 3 is 2.31 bits per heavy atom. The standard InChI is InChI=1S/C23H19BrClN3O4/c1-31-20-12-21(32-2)19(24)11-16(20)13-26-28-23(30)14-6-8-18(9-7-14)27-22(29)15-4-3-5-17(25)10-15/h3-13H,1-2H3,(H,27,29)(H,28,30)/b26-13+. The Hall–Kier alpha value is -3.36. The molecule has 0 saturated carbocycles. The van der Waals surface area contributed by atoms with Gasteiger partial charge in [-0.05, 0) is 64.5 Å². The van der Waals surface area contributed by atoms with E-state index in [1.54, 1.807) is 67.8 Å². The maximum absolute atomic E-state index is 12.4. The number of carbonyl (C=O) groups is 2. The first-order valence-corrected chi connectivity index (χ1v) is 10.5. The van der Waals surface area contributed by atoms with Crippen LogP contribution in [0.1, 0.15) is 26.3 Å². The van der Waals surface area contributed by atoms with Gasteiger partial charge in [0.1, 0.15) is 11.5 Å². The van der Waals surface area contributed by atoms with E-state index >= 15 is 0 Å². The van der Waals surface area contributed by atoms with Gasteiger partial charge in [-0.25, -0.2) is 5.43 Å². The van der Waals surface area contributed by atoms with Crippen molar-refractivity contribution in [3.05, 3.63) is 86.8 Å². The summed E-state index contributed by atoms with van der Waals surface area (Å²) in [5, 5.41) is 7.23. The number of ether oxygens (including phenoxy) is 2. The average Bonchev–Trinajstić information content (AvgIpc) is 2.79. The predicted octanol–water partition coefficient (Wildman–Crippen LogP) is 5.14. The molecular formula is C23H19BrClN3O4. The molecule has 2 amide bonds. The third-order valence-corrected chi connectivity index (χ3v) is 5.22. The van der Waals surface area contributed by atoms with Crippen molar-refractivity contribution < 1.29 is 19.1 Å². The molecule has 0 unspecified atom stereocenters. The van der Waals surface area contributed by atoms with Crippen molar-refractivity contribution in [2.75, 3.05) is 19.5 Å². The number of nitrogens with one attached hydrogen (secondary N) is 2. The number of hydrogen-bond acceptors (Lipinski definition) is 5. The number of carbonyl (C=O) groups excluding carboxylic acids is 2. The van der Waals surface area contributed by atoms with Crippen LogP contribution in [0.2, 0.25) is 5.02 Å². The highest BCUT2D eigenvalue weighted by Gasteiger charge is 2.10. The van der Waals surface area contributed by atoms with E-state index in [2.05, 4.69) is 31.8 Å². The van der Waals surface area contributed by atoms with Gasteiger partial charge in [0, 0.05) is 33.5 Å². The Morgan fingerprint density at radius 1 is 0.938 bits per heavy atom. The molecule has 0 aromatic heterocycles. The lowest BCUT2D eigenvalue weighted by Gasteiger charge is -2.09. The van der Waals surface area contributed by atoms with Crippen LogP contribution in [0.25, 0.3) is 0 Å². The number of anilines is 1. The molecule has 164 valence electrons. The number of halogens is 2. The minimum absolute atomic E-state index is 0.297. The molecule has 0 radical (unpaired) electrons. The molecule has 3 aromatic carbocycles. The second-order valence-corrected chi connectivity index (χ2v) is 7.76. The third-order valence-electron chi connectivity index (χ3n) is 4.37. The van der Waals surface area contributed by atoms with Crippen LogP contribution >= 0.6 is 27.5 Å². The van der Waals surface area contributed by atoms with Gasteiger partial charge in [-0.2, -0.15) is 5.10 Å². The Bertz CT molecular complexity index is 1170. The fourth-order valence-corrected chi connectivity index (χ4v) is 3.46. The summed E-state index contributed by atoms with van der Waals surface area (Å²) < 4.78 is 11.3. The number of hydrazone groups is 1. The van der Waals surface area contributed by atoms with Gasteiger partial charge >= 0.3 is 0 Å². The van der Waals surface area contributed by atoms with Crippen LogP contribution in [0.5, 0.6) is 11.5 Å². The van der Waals surface area contributed by atoms with Crippen molar-refractivity contribution in [3.63, 3.8) is 0 Å². The smallest absolute Gasteiger partial charge is 0.271 e. The first-order valence-electron chi connectivity index (χ1n) is 9.33. The van der Waals surface area contributed by atoms with Crippen molar-refractivity contribution >= 4 is 51.2 Å². The summed E-state index contributed by atoms with van der Waals surface area (Å²) in [6.07, 6.45) is 1.47. The summed E-state index contributed by atoms with van der Waals surface area (Å²) >= 11 is 9.32. The van der Waals surface area contributed by atoms with Crippen LogP contribution in [0.15, 0.2) is 70.2 Å². The van der Waals surface area contributed by atoms with Crippen molar-refractivity contribution in [1.29, 1.82) is 0 Å². The molecule has 3 rings (SSSR count). The molecular weight excluding hydrogens is 498 g/mol. The number of amides is 2. The molecule has 0 bridgehead atoms. The van der Waals surface area contributed by atoms with E-state index in [-0.39, 0.29) is 5.91 Å². The molecule has 3 aromatic rings. The molecule has 9 heteroatoms. The first kappa shape index (κ1) is 23.3. The quantitative estimate of drug-likeness (QED) is 0.336. The van der Waals surface area contributed by atoms with Crippen molar-refractivity contribution in [1.82, 2.24) is 5.43 Å². The lowest BCUT2D eigenvalue weighted by molar-refractivity contribution is 0.0954. The summed E-state index contributed by atoms with van der Waals surface area (Å²) in [5.41, 5.74) is 4.48. The summed E-state index contributed by atoms with van der Waals surface area (Å²) in [5.74, 6) is 0.461. The van der Waals surface area contributed by atoms with Gasteiger partial charge in [-0.3, -0.25) is 9.59 Å². The van der Waals surface area contributed by atoms with Gasteiger partial charge in [0.05, 0.1) is 24.9 Å². The molecule has 32 heavy (non-hydrogen) atoms. The Kier molecular flexibility index (Phi) is 7.86. The van der Waals surface area contributed by atoms with Gasteiger partial charge in [-0.15, -0.1) is 0 Å². The van der Waals surface area contributed by atoms with E-state index in [1.165, 1.54) is 13.3 Å². The van der Waals surface area contributed by atoms with Crippen LogP contribution in [-0.4, -0.2) is 32.2 Å². The van der Waals surface area contributed by atoms with Gasteiger partial charge in [0.25, 0.3) is 11.8 Å². The second-order valence-electron chi connectivity index (χ2n) is 6.47. The Labute approximate surface area is 198 Å². The highest BCUT2D eigenvalue weighted by Crippen LogP contribution is 2.31. The van der Waals surface area contributed by atoms with Crippen molar-refractivity contribution in [2.45, 2.75) is 0 Å². The topological polar surface area (TPSA) is 89.0 Å². The lowest BCUT2D eigenvalue weighted by Crippen LogP contribution is -2.18. The molecule has 0 aliphatic carbocycles. The maximum Gasteiger partial charge on any atom is 0.271 e. The minimum atomic E-state index is -0.402. The number of methoxy groups -OCH3 is 2. The second kappa shape index (κ2) is 10.8. The molecule has 0 spiro atoms. The normalized spacial score (nSPS) is 10.6. The summed E-state index contributed by atoms with van der Waals surface area (Å²) in [7, 11) is 3.09. The van der Waals surface area contributed by atoms with Crippen LogP contribution in [0.4, 0.5) is 5.69 Å². The molecule has 0 heterocycles. The third kappa shape index (κ3) is 5.87. The molecule has 0 aliphatic heterocycles. The van der Waals surface area contributed by atoms with Crippen molar-refractivity contribution in [2.24, 2.45) is 5.10 Å². The fraction of sp³-hybridized carbons (Fsp3) is 0.0870. The minimum Gasteiger partial charge on any atom is -0.496 e. The molecule has 0 aliphatic rings. The zero-order chi connectivity index (χ0) is 23.1. The Morgan fingerprint density at radius 2 is 1.66 bits per heavy atom. The van der Waals surface area contributed by atoms with E-state index in [9.17, 15) is 9.59 Å². The van der Waals surface area contributed by atoms with E-state index < -0.39 is 5.91 Å². The average molecular weight is 517 g/mol. The van der Waals surface area contributed by atoms with E-state index in [0.717, 1.165) is 4.47 Å². The van der Waals surface area contributed by atoms with E-state index in [4.69, 9.17) is 21.1 Å². The number of rotatable bonds is 7. The zero-order valence-corrected chi connectivity index (χ0v) is 19.5. The SMILES string of the molecule is COc1cc(OC)c(/C=N/NC(=O)c2ccc(NC(=O)c3cccc(Cl)c3)cc2)cc1Br. The van der Waals surface area contributed by atoms with Crippen LogP contribution in [0.3, 0.4) is 0 Å². The molecule has 2 N–H and O–H groups in total. The van der Waals surface area contributed by atoms with E-state index in [1.807, 2.05) is 0 Å². The highest BCUT2D eigenvalue weighted by atomic mass is 79.9. The van der Waals surface area contributed by atoms with Gasteiger partial charge in [0.15, 0.2) is 0 Å². The van der Waals surface area contributed by atoms with Crippen LogP contribution < -0.4 is 20.2 Å². The highest BCUT2D eigenvalue weighted by molar-refractivity contribution is 9.10. The zero-order valence-electron chi connectivity index (χ0n) is 17.2. The Balaban J connectivity index is 1.63. The maximum atomic E-state index is 12.4. The van der Waals surface area contributed by atoms with Gasteiger partial charge in [-0.1, -0.05) is 17.7 Å². The van der Waals surface area contributed by atoms with Gasteiger partial charge in [0.2, 0.25) is 0 Å². The number of nitrogens with zero attached hydrogens (tertiary/aromatic N) is 1. The first-order chi connectivity index (χ1) is 15.4. The monoisotopic (exact) mass is 515 g/mol. The van der Waals surface area contributed by atoms with Crippen LogP contribution in [-0.2, 0) is 0 Å². The van der Waals surface area contributed by atoms with E-state index in [0.29, 0.717) is 38.9 Å². The predicted molar refractivity (Wildman–Crippen MR) is 128 cm³/mol. The summed E-state index contributed by atoms with van der Waals surface area (Å²) in [4.78, 5) is 24.6. The lowest BCUT2D eigenvalue weighted by atomic mass is 10.1. The molecule has 0 atom stereocenters. The van der Waals surface area contributed by atoms with Crippen LogP contribution in [0, 0.1) is 0 Å².